The maximum Gasteiger partial charge on any atom is 0.433 e. The number of halogens is 3. The SMILES string of the molecule is Cn1nc(NC(=O)Cc2ccco2)cc1C(F)(F)F. The number of aromatic nitrogens is 2. The quantitative estimate of drug-likeness (QED) is 0.932. The molecule has 0 aliphatic rings. The van der Waals surface area contributed by atoms with Crippen molar-refractivity contribution in [3.8, 4) is 0 Å². The van der Waals surface area contributed by atoms with E-state index in [1.165, 1.54) is 6.26 Å². The summed E-state index contributed by atoms with van der Waals surface area (Å²) >= 11 is 0. The van der Waals surface area contributed by atoms with Gasteiger partial charge in [0.15, 0.2) is 5.82 Å². The normalized spacial score (nSPS) is 11.6. The van der Waals surface area contributed by atoms with Gasteiger partial charge in [-0.05, 0) is 12.1 Å². The van der Waals surface area contributed by atoms with Crippen LogP contribution in [0.5, 0.6) is 0 Å². The summed E-state index contributed by atoms with van der Waals surface area (Å²) < 4.78 is 43.2. The van der Waals surface area contributed by atoms with Gasteiger partial charge in [-0.3, -0.25) is 9.48 Å². The van der Waals surface area contributed by atoms with Crippen LogP contribution in [-0.2, 0) is 24.4 Å². The highest BCUT2D eigenvalue weighted by atomic mass is 19.4. The lowest BCUT2D eigenvalue weighted by atomic mass is 10.3. The van der Waals surface area contributed by atoms with Gasteiger partial charge in [0.25, 0.3) is 0 Å². The Morgan fingerprint density at radius 2 is 2.26 bits per heavy atom. The number of hydrogen-bond acceptors (Lipinski definition) is 3. The number of carbonyl (C=O) groups is 1. The Morgan fingerprint density at radius 1 is 1.53 bits per heavy atom. The predicted octanol–water partition coefficient (Wildman–Crippen LogP) is 2.21. The molecule has 0 atom stereocenters. The fourth-order valence-corrected chi connectivity index (χ4v) is 1.55. The first-order valence-electron chi connectivity index (χ1n) is 5.30. The summed E-state index contributed by atoms with van der Waals surface area (Å²) in [7, 11) is 1.16. The Balaban J connectivity index is 2.06. The smallest absolute Gasteiger partial charge is 0.433 e. The van der Waals surface area contributed by atoms with E-state index in [-0.39, 0.29) is 12.2 Å². The van der Waals surface area contributed by atoms with E-state index in [0.29, 0.717) is 10.4 Å². The zero-order valence-electron chi connectivity index (χ0n) is 9.86. The lowest BCUT2D eigenvalue weighted by molar-refractivity contribution is -0.143. The molecule has 102 valence electrons. The van der Waals surface area contributed by atoms with Gasteiger partial charge in [0, 0.05) is 13.1 Å². The predicted molar refractivity (Wildman–Crippen MR) is 59.3 cm³/mol. The Kier molecular flexibility index (Phi) is 3.32. The van der Waals surface area contributed by atoms with Crippen LogP contribution in [0.2, 0.25) is 0 Å². The van der Waals surface area contributed by atoms with Crippen LogP contribution < -0.4 is 5.32 Å². The molecule has 0 aliphatic heterocycles. The molecule has 2 aromatic heterocycles. The third kappa shape index (κ3) is 3.15. The standard InChI is InChI=1S/C11H10F3N3O2/c1-17-8(11(12,13)14)6-9(16-17)15-10(18)5-7-3-2-4-19-7/h2-4,6H,5H2,1H3,(H,15,16,18). The number of furan rings is 1. The van der Waals surface area contributed by atoms with Gasteiger partial charge in [0.1, 0.15) is 11.5 Å². The molecule has 0 unspecified atom stereocenters. The molecule has 2 heterocycles. The summed E-state index contributed by atoms with van der Waals surface area (Å²) in [5.41, 5.74) is -0.930. The molecule has 5 nitrogen and oxygen atoms in total. The molecule has 1 N–H and O–H groups in total. The number of rotatable bonds is 3. The van der Waals surface area contributed by atoms with Gasteiger partial charge in [0.05, 0.1) is 12.7 Å². The summed E-state index contributed by atoms with van der Waals surface area (Å²) in [5, 5.41) is 5.86. The van der Waals surface area contributed by atoms with Gasteiger partial charge in [-0.25, -0.2) is 0 Å². The van der Waals surface area contributed by atoms with E-state index >= 15 is 0 Å². The average molecular weight is 273 g/mol. The Bertz CT molecular complexity index is 573. The minimum atomic E-state index is -4.51. The van der Waals surface area contributed by atoms with Crippen molar-refractivity contribution in [2.24, 2.45) is 7.05 Å². The minimum absolute atomic E-state index is 0.0646. The van der Waals surface area contributed by atoms with Crippen molar-refractivity contribution in [3.05, 3.63) is 35.9 Å². The molecular weight excluding hydrogens is 263 g/mol. The Morgan fingerprint density at radius 3 is 2.79 bits per heavy atom. The van der Waals surface area contributed by atoms with Crippen LogP contribution in [0, 0.1) is 0 Å². The summed E-state index contributed by atoms with van der Waals surface area (Å²) in [6.07, 6.45) is -3.16. The molecule has 0 radical (unpaired) electrons. The average Bonchev–Trinajstić information content (AvgIpc) is 2.87. The van der Waals surface area contributed by atoms with Crippen molar-refractivity contribution in [3.63, 3.8) is 0 Å². The molecule has 2 aromatic rings. The third-order valence-corrected chi connectivity index (χ3v) is 2.35. The van der Waals surface area contributed by atoms with E-state index in [2.05, 4.69) is 10.4 Å². The van der Waals surface area contributed by atoms with E-state index < -0.39 is 17.8 Å². The number of nitrogens with zero attached hydrogens (tertiary/aromatic N) is 2. The fraction of sp³-hybridized carbons (Fsp3) is 0.273. The monoisotopic (exact) mass is 273 g/mol. The van der Waals surface area contributed by atoms with Crippen molar-refractivity contribution in [1.29, 1.82) is 0 Å². The van der Waals surface area contributed by atoms with Gasteiger partial charge in [-0.2, -0.15) is 18.3 Å². The molecule has 0 bridgehead atoms. The molecular formula is C11H10F3N3O2. The second kappa shape index (κ2) is 4.79. The van der Waals surface area contributed by atoms with Crippen LogP contribution in [0.15, 0.2) is 28.9 Å². The van der Waals surface area contributed by atoms with E-state index in [1.807, 2.05) is 0 Å². The molecule has 0 aromatic carbocycles. The fourth-order valence-electron chi connectivity index (χ4n) is 1.55. The van der Waals surface area contributed by atoms with E-state index in [4.69, 9.17) is 4.42 Å². The summed E-state index contributed by atoms with van der Waals surface area (Å²) in [5.74, 6) is -0.224. The second-order valence-electron chi connectivity index (χ2n) is 3.84. The van der Waals surface area contributed by atoms with E-state index in [9.17, 15) is 18.0 Å². The summed E-state index contributed by atoms with van der Waals surface area (Å²) in [4.78, 5) is 11.5. The highest BCUT2D eigenvalue weighted by molar-refractivity contribution is 5.91. The highest BCUT2D eigenvalue weighted by Gasteiger charge is 2.35. The van der Waals surface area contributed by atoms with E-state index in [1.54, 1.807) is 12.1 Å². The molecule has 0 aliphatic carbocycles. The number of nitrogens with one attached hydrogen (secondary N) is 1. The molecule has 0 spiro atoms. The van der Waals surface area contributed by atoms with Gasteiger partial charge >= 0.3 is 6.18 Å². The second-order valence-corrected chi connectivity index (χ2v) is 3.84. The van der Waals surface area contributed by atoms with Crippen LogP contribution in [0.1, 0.15) is 11.5 Å². The van der Waals surface area contributed by atoms with Gasteiger partial charge in [-0.15, -0.1) is 0 Å². The number of aryl methyl sites for hydroxylation is 1. The number of hydrogen-bond donors (Lipinski definition) is 1. The van der Waals surface area contributed by atoms with E-state index in [0.717, 1.165) is 13.1 Å². The zero-order valence-corrected chi connectivity index (χ0v) is 9.86. The first kappa shape index (κ1) is 13.2. The van der Waals surface area contributed by atoms with Crippen LogP contribution in [0.4, 0.5) is 19.0 Å². The first-order valence-corrected chi connectivity index (χ1v) is 5.30. The van der Waals surface area contributed by atoms with Gasteiger partial charge in [0.2, 0.25) is 5.91 Å². The van der Waals surface area contributed by atoms with Gasteiger partial charge in [-0.1, -0.05) is 0 Å². The maximum atomic E-state index is 12.5. The number of alkyl halides is 3. The van der Waals surface area contributed by atoms with Crippen molar-refractivity contribution in [2.45, 2.75) is 12.6 Å². The zero-order chi connectivity index (χ0) is 14.0. The van der Waals surface area contributed by atoms with Crippen LogP contribution in [0.25, 0.3) is 0 Å². The molecule has 0 fully saturated rings. The maximum absolute atomic E-state index is 12.5. The topological polar surface area (TPSA) is 60.1 Å². The Hall–Kier alpha value is -2.25. The summed E-state index contributed by atoms with van der Waals surface area (Å²) in [6, 6.07) is 3.99. The molecule has 8 heteroatoms. The Labute approximate surface area is 106 Å². The number of carbonyl (C=O) groups excluding carboxylic acids is 1. The van der Waals surface area contributed by atoms with Crippen molar-refractivity contribution < 1.29 is 22.4 Å². The number of amides is 1. The van der Waals surface area contributed by atoms with Crippen LogP contribution in [0.3, 0.4) is 0 Å². The minimum Gasteiger partial charge on any atom is -0.469 e. The van der Waals surface area contributed by atoms with Crippen molar-refractivity contribution in [2.75, 3.05) is 5.32 Å². The molecule has 2 rings (SSSR count). The highest BCUT2D eigenvalue weighted by Crippen LogP contribution is 2.30. The van der Waals surface area contributed by atoms with Crippen LogP contribution >= 0.6 is 0 Å². The van der Waals surface area contributed by atoms with Crippen molar-refractivity contribution in [1.82, 2.24) is 9.78 Å². The largest absolute Gasteiger partial charge is 0.469 e. The lowest BCUT2D eigenvalue weighted by Crippen LogP contribution is -2.14. The molecule has 0 saturated carbocycles. The lowest BCUT2D eigenvalue weighted by Gasteiger charge is -2.04. The van der Waals surface area contributed by atoms with Crippen molar-refractivity contribution >= 4 is 11.7 Å². The molecule has 19 heavy (non-hydrogen) atoms. The molecule has 1 amide bonds. The number of anilines is 1. The van der Waals surface area contributed by atoms with Crippen LogP contribution in [-0.4, -0.2) is 15.7 Å². The first-order chi connectivity index (χ1) is 8.86. The molecule has 0 saturated heterocycles. The summed E-state index contributed by atoms with van der Waals surface area (Å²) in [6.45, 7) is 0. The third-order valence-electron chi connectivity index (χ3n) is 2.35. The van der Waals surface area contributed by atoms with Gasteiger partial charge < -0.3 is 9.73 Å².